The number of nitrogens with one attached hydrogen (secondary N) is 1. The van der Waals surface area contributed by atoms with Crippen LogP contribution in [-0.2, 0) is 0 Å². The Labute approximate surface area is 143 Å². The molecule has 2 heterocycles. The lowest BCUT2D eigenvalue weighted by Gasteiger charge is -2.11. The second kappa shape index (κ2) is 6.60. The summed E-state index contributed by atoms with van der Waals surface area (Å²) in [6.07, 6.45) is 8.30. The normalized spacial score (nSPS) is 17.0. The summed E-state index contributed by atoms with van der Waals surface area (Å²) >= 11 is 7.36. The number of Topliss-reactive ketones (excluding diaryl/α,β-unsaturated/α-hetero) is 1. The van der Waals surface area contributed by atoms with Crippen LogP contribution in [0.25, 0.3) is 10.7 Å². The predicted octanol–water partition coefficient (Wildman–Crippen LogP) is 3.97. The predicted molar refractivity (Wildman–Crippen MR) is 93.0 cm³/mol. The lowest BCUT2D eigenvalue weighted by Crippen LogP contribution is -2.06. The van der Waals surface area contributed by atoms with Gasteiger partial charge >= 0.3 is 0 Å². The SMILES string of the molecule is CC(=O)c1sc(-c2ccnc(NC3=CCC(Cl)C=C3)n2)nc1C. The molecule has 0 aliphatic heterocycles. The van der Waals surface area contributed by atoms with E-state index in [-0.39, 0.29) is 11.2 Å². The van der Waals surface area contributed by atoms with E-state index in [1.54, 1.807) is 19.2 Å². The third-order valence-electron chi connectivity index (χ3n) is 3.29. The van der Waals surface area contributed by atoms with Crippen molar-refractivity contribution in [2.45, 2.75) is 25.6 Å². The number of ketones is 1. The maximum absolute atomic E-state index is 11.6. The highest BCUT2D eigenvalue weighted by Crippen LogP contribution is 2.27. The molecule has 23 heavy (non-hydrogen) atoms. The van der Waals surface area contributed by atoms with Crippen LogP contribution in [0, 0.1) is 6.92 Å². The second-order valence-electron chi connectivity index (χ2n) is 5.15. The summed E-state index contributed by atoms with van der Waals surface area (Å²) < 4.78 is 0. The first-order chi connectivity index (χ1) is 11.0. The molecule has 1 N–H and O–H groups in total. The number of carbonyl (C=O) groups excluding carboxylic acids is 1. The van der Waals surface area contributed by atoms with Gasteiger partial charge in [0.25, 0.3) is 0 Å². The molecular weight excluding hydrogens is 332 g/mol. The van der Waals surface area contributed by atoms with Gasteiger partial charge in [-0.2, -0.15) is 0 Å². The smallest absolute Gasteiger partial charge is 0.227 e. The standard InChI is InChI=1S/C16H15ClN4OS/c1-9-14(10(2)22)23-15(19-9)13-7-8-18-16(21-13)20-12-5-3-11(17)4-6-12/h3,5-8,11H,4H2,1-2H3,(H,18,20,21). The van der Waals surface area contributed by atoms with Gasteiger partial charge in [-0.15, -0.1) is 22.9 Å². The van der Waals surface area contributed by atoms with Gasteiger partial charge in [0, 0.05) is 18.8 Å². The number of nitrogens with zero attached hydrogens (tertiary/aromatic N) is 3. The first kappa shape index (κ1) is 15.8. The Morgan fingerprint density at radius 3 is 2.91 bits per heavy atom. The topological polar surface area (TPSA) is 67.8 Å². The lowest BCUT2D eigenvalue weighted by molar-refractivity contribution is 0.102. The van der Waals surface area contributed by atoms with Crippen molar-refractivity contribution < 1.29 is 4.79 Å². The van der Waals surface area contributed by atoms with Gasteiger partial charge in [0.2, 0.25) is 5.95 Å². The van der Waals surface area contributed by atoms with Gasteiger partial charge in [0.1, 0.15) is 10.7 Å². The number of hydrogen-bond donors (Lipinski definition) is 1. The molecule has 0 bridgehead atoms. The van der Waals surface area contributed by atoms with Crippen LogP contribution in [0.4, 0.5) is 5.95 Å². The quantitative estimate of drug-likeness (QED) is 0.670. The molecule has 3 rings (SSSR count). The van der Waals surface area contributed by atoms with Crippen molar-refractivity contribution in [3.8, 4) is 10.7 Å². The fraction of sp³-hybridized carbons (Fsp3) is 0.250. The van der Waals surface area contributed by atoms with Gasteiger partial charge in [0.05, 0.1) is 15.9 Å². The summed E-state index contributed by atoms with van der Waals surface area (Å²) in [7, 11) is 0. The Balaban J connectivity index is 1.84. The number of thiazole rings is 1. The van der Waals surface area contributed by atoms with Crippen LogP contribution < -0.4 is 5.32 Å². The molecule has 0 saturated heterocycles. The summed E-state index contributed by atoms with van der Waals surface area (Å²) in [5.41, 5.74) is 2.34. The molecule has 0 saturated carbocycles. The molecule has 1 aliphatic rings. The van der Waals surface area contributed by atoms with Crippen molar-refractivity contribution in [1.82, 2.24) is 15.0 Å². The van der Waals surface area contributed by atoms with E-state index < -0.39 is 0 Å². The molecule has 1 aliphatic carbocycles. The number of alkyl halides is 1. The third kappa shape index (κ3) is 3.65. The molecule has 0 fully saturated rings. The molecule has 1 unspecified atom stereocenters. The van der Waals surface area contributed by atoms with E-state index in [2.05, 4.69) is 20.3 Å². The highest BCUT2D eigenvalue weighted by molar-refractivity contribution is 7.17. The monoisotopic (exact) mass is 346 g/mol. The van der Waals surface area contributed by atoms with Crippen LogP contribution in [0.5, 0.6) is 0 Å². The highest BCUT2D eigenvalue weighted by atomic mass is 35.5. The van der Waals surface area contributed by atoms with Gasteiger partial charge in [-0.05, 0) is 25.5 Å². The Kier molecular flexibility index (Phi) is 4.54. The first-order valence-electron chi connectivity index (χ1n) is 7.14. The van der Waals surface area contributed by atoms with Crippen molar-refractivity contribution in [2.75, 3.05) is 5.32 Å². The molecule has 1 atom stereocenters. The lowest BCUT2D eigenvalue weighted by atomic mass is 10.1. The average Bonchev–Trinajstić information content (AvgIpc) is 2.92. The van der Waals surface area contributed by atoms with Crippen LogP contribution in [0.15, 0.2) is 36.2 Å². The van der Waals surface area contributed by atoms with Crippen molar-refractivity contribution in [3.05, 3.63) is 46.8 Å². The van der Waals surface area contributed by atoms with E-state index in [1.807, 2.05) is 25.2 Å². The fourth-order valence-electron chi connectivity index (χ4n) is 2.19. The Hall–Kier alpha value is -2.05. The number of carbonyl (C=O) groups is 1. The van der Waals surface area contributed by atoms with E-state index in [0.717, 1.165) is 17.8 Å². The Morgan fingerprint density at radius 2 is 2.26 bits per heavy atom. The average molecular weight is 347 g/mol. The maximum atomic E-state index is 11.6. The number of rotatable bonds is 4. The highest BCUT2D eigenvalue weighted by Gasteiger charge is 2.14. The number of hydrogen-bond acceptors (Lipinski definition) is 6. The molecule has 0 aromatic carbocycles. The largest absolute Gasteiger partial charge is 0.324 e. The minimum atomic E-state index is 0.0202. The van der Waals surface area contributed by atoms with E-state index in [0.29, 0.717) is 21.5 Å². The molecule has 2 aromatic heterocycles. The van der Waals surface area contributed by atoms with E-state index in [1.165, 1.54) is 11.3 Å². The van der Waals surface area contributed by atoms with E-state index in [9.17, 15) is 4.79 Å². The van der Waals surface area contributed by atoms with Crippen LogP contribution in [0.1, 0.15) is 28.7 Å². The number of anilines is 1. The molecule has 118 valence electrons. The number of halogens is 1. The molecule has 2 aromatic rings. The maximum Gasteiger partial charge on any atom is 0.227 e. The molecule has 0 radical (unpaired) electrons. The minimum Gasteiger partial charge on any atom is -0.324 e. The molecule has 5 nitrogen and oxygen atoms in total. The second-order valence-corrected chi connectivity index (χ2v) is 6.71. The van der Waals surface area contributed by atoms with Crippen molar-refractivity contribution in [3.63, 3.8) is 0 Å². The van der Waals surface area contributed by atoms with Gasteiger partial charge in [-0.1, -0.05) is 12.2 Å². The zero-order valence-corrected chi connectivity index (χ0v) is 14.3. The van der Waals surface area contributed by atoms with Gasteiger partial charge in [-0.25, -0.2) is 15.0 Å². The number of allylic oxidation sites excluding steroid dienone is 3. The molecular formula is C16H15ClN4OS. The number of aromatic nitrogens is 3. The van der Waals surface area contributed by atoms with E-state index in [4.69, 9.17) is 11.6 Å². The number of aryl methyl sites for hydroxylation is 1. The summed E-state index contributed by atoms with van der Waals surface area (Å²) in [5, 5.41) is 3.91. The third-order valence-corrected chi connectivity index (χ3v) is 4.90. The van der Waals surface area contributed by atoms with Gasteiger partial charge in [-0.3, -0.25) is 4.79 Å². The van der Waals surface area contributed by atoms with Crippen molar-refractivity contribution >= 4 is 34.7 Å². The zero-order valence-electron chi connectivity index (χ0n) is 12.7. The van der Waals surface area contributed by atoms with Crippen LogP contribution >= 0.6 is 22.9 Å². The van der Waals surface area contributed by atoms with Crippen LogP contribution in [-0.4, -0.2) is 26.1 Å². The Bertz CT molecular complexity index is 812. The van der Waals surface area contributed by atoms with Gasteiger partial charge < -0.3 is 5.32 Å². The summed E-state index contributed by atoms with van der Waals surface area (Å²) in [6, 6.07) is 1.78. The summed E-state index contributed by atoms with van der Waals surface area (Å²) in [4.78, 5) is 25.4. The fourth-order valence-corrected chi connectivity index (χ4v) is 3.28. The minimum absolute atomic E-state index is 0.0202. The molecule has 0 spiro atoms. The van der Waals surface area contributed by atoms with Crippen molar-refractivity contribution in [2.24, 2.45) is 0 Å². The first-order valence-corrected chi connectivity index (χ1v) is 8.39. The van der Waals surface area contributed by atoms with Gasteiger partial charge in [0.15, 0.2) is 5.78 Å². The summed E-state index contributed by atoms with van der Waals surface area (Å²) in [5.74, 6) is 0.510. The summed E-state index contributed by atoms with van der Waals surface area (Å²) in [6.45, 7) is 3.38. The van der Waals surface area contributed by atoms with Crippen molar-refractivity contribution in [1.29, 1.82) is 0 Å². The molecule has 7 heteroatoms. The Morgan fingerprint density at radius 1 is 1.43 bits per heavy atom. The molecule has 0 amide bonds. The van der Waals surface area contributed by atoms with Crippen LogP contribution in [0.3, 0.4) is 0 Å². The zero-order chi connectivity index (χ0) is 16.4. The van der Waals surface area contributed by atoms with Crippen LogP contribution in [0.2, 0.25) is 0 Å². The van der Waals surface area contributed by atoms with E-state index >= 15 is 0 Å².